The van der Waals surface area contributed by atoms with Gasteiger partial charge < -0.3 is 9.47 Å². The molecule has 0 N–H and O–H groups in total. The zero-order valence-corrected chi connectivity index (χ0v) is 22.7. The molecule has 2 rings (SSSR count). The van der Waals surface area contributed by atoms with Crippen LogP contribution in [0.1, 0.15) is 43.0 Å². The van der Waals surface area contributed by atoms with Gasteiger partial charge in [-0.05, 0) is 55.0 Å². The highest BCUT2D eigenvalue weighted by Gasteiger charge is 2.90. The molecule has 0 aliphatic rings. The molecule has 0 saturated heterocycles. The number of esters is 1. The van der Waals surface area contributed by atoms with Crippen molar-refractivity contribution in [1.82, 2.24) is 0 Å². The predicted molar refractivity (Wildman–Crippen MR) is 129 cm³/mol. The van der Waals surface area contributed by atoms with Gasteiger partial charge in [0.15, 0.2) is 0 Å². The largest absolute Gasteiger partial charge is 0.494 e. The Hall–Kier alpha value is -2.85. The standard InChI is InChI=1S/C26H23F13O3S/c1-2-3-4-14-41-17-7-5-16(6-8-17)20(40)42-18-9-11-19(12-10-18)43-15-13-21(27,28)22(29,30)23(31,32)24(33,34)25(35,36)26(37,38)39/h5-12H,2-4,13-15H2,1H3. The highest BCUT2D eigenvalue weighted by Crippen LogP contribution is 2.60. The van der Waals surface area contributed by atoms with Gasteiger partial charge in [-0.1, -0.05) is 19.8 Å². The van der Waals surface area contributed by atoms with E-state index in [1.165, 1.54) is 12.1 Å². The Morgan fingerprint density at radius 2 is 1.19 bits per heavy atom. The monoisotopic (exact) mass is 662 g/mol. The zero-order chi connectivity index (χ0) is 32.9. The van der Waals surface area contributed by atoms with Crippen LogP contribution in [0, 0.1) is 0 Å². The summed E-state index contributed by atoms with van der Waals surface area (Å²) in [5.41, 5.74) is 0.137. The molecule has 0 atom stereocenters. The van der Waals surface area contributed by atoms with E-state index in [1.807, 2.05) is 6.92 Å². The molecule has 0 spiro atoms. The second-order valence-electron chi connectivity index (χ2n) is 9.04. The van der Waals surface area contributed by atoms with Crippen molar-refractivity contribution >= 4 is 17.7 Å². The molecule has 0 unspecified atom stereocenters. The lowest BCUT2D eigenvalue weighted by Gasteiger charge is -2.39. The highest BCUT2D eigenvalue weighted by atomic mass is 32.2. The van der Waals surface area contributed by atoms with Gasteiger partial charge in [0.25, 0.3) is 0 Å². The first-order valence-electron chi connectivity index (χ1n) is 12.3. The van der Waals surface area contributed by atoms with Crippen LogP contribution in [0.3, 0.4) is 0 Å². The quantitative estimate of drug-likeness (QED) is 0.0626. The molecule has 17 heteroatoms. The Kier molecular flexibility index (Phi) is 11.3. The fraction of sp³-hybridized carbons (Fsp3) is 0.500. The number of benzene rings is 2. The topological polar surface area (TPSA) is 35.5 Å². The second-order valence-corrected chi connectivity index (χ2v) is 10.2. The number of alkyl halides is 13. The molecule has 0 saturated carbocycles. The molecule has 3 nitrogen and oxygen atoms in total. The van der Waals surface area contributed by atoms with Crippen LogP contribution in [0.4, 0.5) is 57.1 Å². The van der Waals surface area contributed by atoms with Crippen molar-refractivity contribution in [2.24, 2.45) is 0 Å². The van der Waals surface area contributed by atoms with E-state index < -0.39 is 53.9 Å². The summed E-state index contributed by atoms with van der Waals surface area (Å²) in [6.45, 7) is 2.52. The summed E-state index contributed by atoms with van der Waals surface area (Å²) in [6, 6.07) is 10.5. The van der Waals surface area contributed by atoms with Crippen molar-refractivity contribution in [2.75, 3.05) is 12.4 Å². The van der Waals surface area contributed by atoms with E-state index in [2.05, 4.69) is 0 Å². The van der Waals surface area contributed by atoms with Gasteiger partial charge in [-0.25, -0.2) is 4.79 Å². The summed E-state index contributed by atoms with van der Waals surface area (Å²) >= 11 is 0.298. The second kappa shape index (κ2) is 13.4. The third kappa shape index (κ3) is 7.81. The van der Waals surface area contributed by atoms with E-state index in [0.717, 1.165) is 43.5 Å². The van der Waals surface area contributed by atoms with Gasteiger partial charge in [0.2, 0.25) is 0 Å². The zero-order valence-electron chi connectivity index (χ0n) is 21.9. The van der Waals surface area contributed by atoms with Crippen molar-refractivity contribution in [3.05, 3.63) is 54.1 Å². The predicted octanol–water partition coefficient (Wildman–Crippen LogP) is 9.70. The first-order chi connectivity index (χ1) is 19.6. The van der Waals surface area contributed by atoms with E-state index in [9.17, 15) is 61.9 Å². The molecule has 0 amide bonds. The van der Waals surface area contributed by atoms with Crippen LogP contribution in [0.2, 0.25) is 0 Å². The summed E-state index contributed by atoms with van der Waals surface area (Å²) < 4.78 is 182. The summed E-state index contributed by atoms with van der Waals surface area (Å²) in [4.78, 5) is 12.3. The van der Waals surface area contributed by atoms with Crippen LogP contribution in [0.15, 0.2) is 53.4 Å². The minimum absolute atomic E-state index is 0.00387. The summed E-state index contributed by atoms with van der Waals surface area (Å²) in [6.07, 6.45) is -6.91. The van der Waals surface area contributed by atoms with Crippen LogP contribution in [0.25, 0.3) is 0 Å². The lowest BCUT2D eigenvalue weighted by Crippen LogP contribution is -2.70. The Balaban J connectivity index is 1.99. The minimum Gasteiger partial charge on any atom is -0.494 e. The Morgan fingerprint density at radius 1 is 0.674 bits per heavy atom. The van der Waals surface area contributed by atoms with Crippen molar-refractivity contribution < 1.29 is 71.3 Å². The number of carbonyl (C=O) groups is 1. The smallest absolute Gasteiger partial charge is 0.460 e. The van der Waals surface area contributed by atoms with Crippen molar-refractivity contribution in [3.8, 4) is 11.5 Å². The van der Waals surface area contributed by atoms with Crippen molar-refractivity contribution in [2.45, 2.75) is 73.3 Å². The van der Waals surface area contributed by atoms with Crippen LogP contribution >= 0.6 is 11.8 Å². The SMILES string of the molecule is CCCCCOc1ccc(C(=O)Oc2ccc(SCCC(F)(F)C(F)(F)C(F)(F)C(F)(F)C(F)(F)C(F)(F)F)cc2)cc1. The van der Waals surface area contributed by atoms with Crippen LogP contribution in [-0.2, 0) is 0 Å². The highest BCUT2D eigenvalue weighted by molar-refractivity contribution is 7.99. The molecule has 43 heavy (non-hydrogen) atoms. The van der Waals surface area contributed by atoms with E-state index in [-0.39, 0.29) is 16.2 Å². The van der Waals surface area contributed by atoms with Gasteiger partial charge in [-0.3, -0.25) is 0 Å². The molecule has 242 valence electrons. The number of hydrogen-bond donors (Lipinski definition) is 0. The van der Waals surface area contributed by atoms with E-state index >= 15 is 0 Å². The maximum absolute atomic E-state index is 13.9. The summed E-state index contributed by atoms with van der Waals surface area (Å²) in [5, 5.41) is 0. The van der Waals surface area contributed by atoms with Crippen molar-refractivity contribution in [3.63, 3.8) is 0 Å². The van der Waals surface area contributed by atoms with Gasteiger partial charge in [0, 0.05) is 17.1 Å². The molecule has 0 aliphatic carbocycles. The number of unbranched alkanes of at least 4 members (excludes halogenated alkanes) is 2. The number of thioether (sulfide) groups is 1. The maximum atomic E-state index is 13.9. The lowest BCUT2D eigenvalue weighted by atomic mass is 9.93. The Bertz CT molecular complexity index is 1200. The number of hydrogen-bond acceptors (Lipinski definition) is 4. The number of halogens is 13. The maximum Gasteiger partial charge on any atom is 0.460 e. The van der Waals surface area contributed by atoms with Crippen LogP contribution < -0.4 is 9.47 Å². The molecular weight excluding hydrogens is 639 g/mol. The van der Waals surface area contributed by atoms with Gasteiger partial charge in [0.05, 0.1) is 12.2 Å². The molecule has 2 aromatic rings. The fourth-order valence-electron chi connectivity index (χ4n) is 3.26. The molecule has 0 radical (unpaired) electrons. The van der Waals surface area contributed by atoms with Crippen LogP contribution in [0.5, 0.6) is 11.5 Å². The number of carbonyl (C=O) groups excluding carboxylic acids is 1. The lowest BCUT2D eigenvalue weighted by molar-refractivity contribution is -0.439. The minimum atomic E-state index is -7.92. The Morgan fingerprint density at radius 3 is 1.70 bits per heavy atom. The van der Waals surface area contributed by atoms with E-state index in [1.54, 1.807) is 12.1 Å². The van der Waals surface area contributed by atoms with Gasteiger partial charge >= 0.3 is 41.8 Å². The number of rotatable bonds is 15. The molecule has 0 heterocycles. The third-order valence-electron chi connectivity index (χ3n) is 5.82. The molecule has 0 fully saturated rings. The van der Waals surface area contributed by atoms with Gasteiger partial charge in [-0.15, -0.1) is 11.8 Å². The van der Waals surface area contributed by atoms with Crippen molar-refractivity contribution in [1.29, 1.82) is 0 Å². The van der Waals surface area contributed by atoms with Gasteiger partial charge in [0.1, 0.15) is 11.5 Å². The Labute approximate surface area is 240 Å². The average Bonchev–Trinajstić information content (AvgIpc) is 2.91. The first-order valence-corrected chi connectivity index (χ1v) is 13.2. The summed E-state index contributed by atoms with van der Waals surface area (Å²) in [7, 11) is 0. The third-order valence-corrected chi connectivity index (χ3v) is 6.84. The van der Waals surface area contributed by atoms with E-state index in [0.29, 0.717) is 24.1 Å². The molecular formula is C26H23F13O3S. The molecule has 0 bridgehead atoms. The van der Waals surface area contributed by atoms with Gasteiger partial charge in [-0.2, -0.15) is 57.1 Å². The normalized spacial score (nSPS) is 13.6. The first kappa shape index (κ1) is 36.3. The summed E-state index contributed by atoms with van der Waals surface area (Å²) in [5.74, 6) is -38.4. The molecule has 0 aromatic heterocycles. The van der Waals surface area contributed by atoms with E-state index in [4.69, 9.17) is 9.47 Å². The fourth-order valence-corrected chi connectivity index (χ4v) is 4.18. The van der Waals surface area contributed by atoms with Crippen LogP contribution in [-0.4, -0.2) is 54.1 Å². The average molecular weight is 663 g/mol. The molecule has 2 aromatic carbocycles. The molecule has 0 aliphatic heterocycles. The number of ether oxygens (including phenoxy) is 2.